The quantitative estimate of drug-likeness (QED) is 0.760. The molecule has 0 fully saturated rings. The van der Waals surface area contributed by atoms with Gasteiger partial charge in [0.1, 0.15) is 5.75 Å². The molecule has 0 heterocycles. The molecule has 1 aromatic carbocycles. The van der Waals surface area contributed by atoms with Crippen molar-refractivity contribution in [1.82, 2.24) is 15.1 Å². The van der Waals surface area contributed by atoms with E-state index < -0.39 is 6.61 Å². The van der Waals surface area contributed by atoms with Gasteiger partial charge in [0.2, 0.25) is 11.8 Å². The second kappa shape index (κ2) is 9.47. The Labute approximate surface area is 153 Å². The molecule has 0 aliphatic carbocycles. The Hall–Kier alpha value is -2.22. The molecule has 1 rings (SSSR count). The molecule has 26 heavy (non-hydrogen) atoms. The molecule has 8 heteroatoms. The van der Waals surface area contributed by atoms with E-state index in [0.717, 1.165) is 5.56 Å². The lowest BCUT2D eigenvalue weighted by atomic mass is 10.1. The number of alkyl halides is 2. The number of hydrogen-bond donors (Lipinski definition) is 1. The van der Waals surface area contributed by atoms with Gasteiger partial charge in [-0.25, -0.2) is 0 Å². The van der Waals surface area contributed by atoms with Gasteiger partial charge in [-0.2, -0.15) is 8.78 Å². The topological polar surface area (TPSA) is 61.9 Å². The van der Waals surface area contributed by atoms with Crippen LogP contribution in [0.4, 0.5) is 8.78 Å². The number of rotatable bonds is 8. The van der Waals surface area contributed by atoms with E-state index in [4.69, 9.17) is 0 Å². The van der Waals surface area contributed by atoms with E-state index >= 15 is 0 Å². The van der Waals surface area contributed by atoms with Crippen LogP contribution in [0.25, 0.3) is 0 Å². The highest BCUT2D eigenvalue weighted by Crippen LogP contribution is 2.16. The molecular weight excluding hydrogens is 344 g/mol. The average Bonchev–Trinajstić information content (AvgIpc) is 2.44. The molecule has 0 aliphatic heterocycles. The van der Waals surface area contributed by atoms with Crippen LogP contribution in [0.3, 0.4) is 0 Å². The van der Waals surface area contributed by atoms with Gasteiger partial charge in [-0.1, -0.05) is 12.1 Å². The number of nitrogens with one attached hydrogen (secondary N) is 1. The number of hydrogen-bond acceptors (Lipinski definition) is 4. The van der Waals surface area contributed by atoms with Crippen LogP contribution in [0, 0.1) is 0 Å². The number of likely N-dealkylation sites (N-methyl/N-ethyl adjacent to an activating group) is 2. The molecule has 1 aromatic rings. The van der Waals surface area contributed by atoms with E-state index in [1.807, 2.05) is 20.8 Å². The van der Waals surface area contributed by atoms with Crippen molar-refractivity contribution in [2.45, 2.75) is 39.5 Å². The molecule has 6 nitrogen and oxygen atoms in total. The lowest BCUT2D eigenvalue weighted by Crippen LogP contribution is -2.47. The fraction of sp³-hybridized carbons (Fsp3) is 0.556. The van der Waals surface area contributed by atoms with Crippen LogP contribution >= 0.6 is 0 Å². The third-order valence-electron chi connectivity index (χ3n) is 3.30. The van der Waals surface area contributed by atoms with E-state index in [2.05, 4.69) is 10.1 Å². The molecular formula is C18H27F2N3O3. The Morgan fingerprint density at radius 1 is 1.19 bits per heavy atom. The summed E-state index contributed by atoms with van der Waals surface area (Å²) in [7, 11) is 3.30. The molecule has 2 amide bonds. The number of ether oxygens (including phenoxy) is 1. The van der Waals surface area contributed by atoms with Gasteiger partial charge < -0.3 is 15.0 Å². The second-order valence-electron chi connectivity index (χ2n) is 7.25. The summed E-state index contributed by atoms with van der Waals surface area (Å²) in [5.41, 5.74) is 0.384. The van der Waals surface area contributed by atoms with E-state index in [0.29, 0.717) is 6.54 Å². The fourth-order valence-electron chi connectivity index (χ4n) is 2.30. The van der Waals surface area contributed by atoms with Gasteiger partial charge in [0.05, 0.1) is 13.1 Å². The van der Waals surface area contributed by atoms with Crippen molar-refractivity contribution in [2.24, 2.45) is 0 Å². The molecule has 0 saturated heterocycles. The molecule has 0 spiro atoms. The lowest BCUT2D eigenvalue weighted by molar-refractivity contribution is -0.136. The Kier molecular flexibility index (Phi) is 7.95. The minimum absolute atomic E-state index is 0.0261. The summed E-state index contributed by atoms with van der Waals surface area (Å²) in [6.45, 7) is 3.18. The van der Waals surface area contributed by atoms with Crippen LogP contribution in [0.1, 0.15) is 26.3 Å². The van der Waals surface area contributed by atoms with Gasteiger partial charge >= 0.3 is 6.61 Å². The Morgan fingerprint density at radius 3 is 2.42 bits per heavy atom. The largest absolute Gasteiger partial charge is 0.435 e. The molecule has 0 radical (unpaired) electrons. The van der Waals surface area contributed by atoms with Crippen molar-refractivity contribution in [3.63, 3.8) is 0 Å². The lowest BCUT2D eigenvalue weighted by Gasteiger charge is -2.25. The summed E-state index contributed by atoms with van der Waals surface area (Å²) in [5.74, 6) is -0.363. The van der Waals surface area contributed by atoms with Crippen LogP contribution in [0.15, 0.2) is 24.3 Å². The van der Waals surface area contributed by atoms with Crippen molar-refractivity contribution in [3.8, 4) is 5.75 Å². The molecule has 0 aromatic heterocycles. The Balaban J connectivity index is 2.52. The first kappa shape index (κ1) is 21.8. The number of nitrogens with zero attached hydrogens (tertiary/aromatic N) is 2. The molecule has 0 saturated carbocycles. The van der Waals surface area contributed by atoms with Crippen LogP contribution in [0.5, 0.6) is 5.75 Å². The zero-order chi connectivity index (χ0) is 19.9. The number of halogens is 2. The average molecular weight is 371 g/mol. The monoisotopic (exact) mass is 371 g/mol. The third kappa shape index (κ3) is 8.75. The van der Waals surface area contributed by atoms with Gasteiger partial charge in [-0.15, -0.1) is 0 Å². The van der Waals surface area contributed by atoms with Gasteiger partial charge in [0, 0.05) is 19.1 Å². The molecule has 0 atom stereocenters. The normalized spacial score (nSPS) is 11.6. The predicted octanol–water partition coefficient (Wildman–Crippen LogP) is 2.09. The van der Waals surface area contributed by atoms with Gasteiger partial charge in [-0.05, 0) is 45.5 Å². The smallest absolute Gasteiger partial charge is 0.387 e. The molecule has 0 unspecified atom stereocenters. The number of amides is 2. The highest BCUT2D eigenvalue weighted by atomic mass is 19.3. The van der Waals surface area contributed by atoms with E-state index in [9.17, 15) is 18.4 Å². The van der Waals surface area contributed by atoms with Gasteiger partial charge in [0.25, 0.3) is 0 Å². The summed E-state index contributed by atoms with van der Waals surface area (Å²) >= 11 is 0. The molecule has 0 aliphatic rings. The van der Waals surface area contributed by atoms with Crippen molar-refractivity contribution in [1.29, 1.82) is 0 Å². The SMILES string of the molecule is CN(CC(=O)N(C)CC(=O)NC(C)(C)C)Cc1cccc(OC(F)F)c1. The highest BCUT2D eigenvalue weighted by molar-refractivity contribution is 5.85. The number of benzene rings is 1. The summed E-state index contributed by atoms with van der Waals surface area (Å²) in [4.78, 5) is 27.2. The van der Waals surface area contributed by atoms with E-state index in [1.54, 1.807) is 31.1 Å². The first-order valence-electron chi connectivity index (χ1n) is 8.23. The van der Waals surface area contributed by atoms with E-state index in [1.165, 1.54) is 17.0 Å². The van der Waals surface area contributed by atoms with Crippen molar-refractivity contribution in [2.75, 3.05) is 27.2 Å². The molecule has 1 N–H and O–H groups in total. The predicted molar refractivity (Wildman–Crippen MR) is 94.9 cm³/mol. The summed E-state index contributed by atoms with van der Waals surface area (Å²) in [6.07, 6.45) is 0. The Morgan fingerprint density at radius 2 is 1.85 bits per heavy atom. The van der Waals surface area contributed by atoms with Crippen molar-refractivity contribution < 1.29 is 23.1 Å². The Bertz CT molecular complexity index is 618. The van der Waals surface area contributed by atoms with Crippen LogP contribution in [0.2, 0.25) is 0 Å². The fourth-order valence-corrected chi connectivity index (χ4v) is 2.30. The zero-order valence-corrected chi connectivity index (χ0v) is 15.9. The highest BCUT2D eigenvalue weighted by Gasteiger charge is 2.18. The third-order valence-corrected chi connectivity index (χ3v) is 3.30. The van der Waals surface area contributed by atoms with Crippen molar-refractivity contribution >= 4 is 11.8 Å². The maximum atomic E-state index is 12.3. The summed E-state index contributed by atoms with van der Waals surface area (Å²) in [6, 6.07) is 6.33. The maximum absolute atomic E-state index is 12.3. The van der Waals surface area contributed by atoms with Crippen LogP contribution in [-0.4, -0.2) is 60.9 Å². The minimum Gasteiger partial charge on any atom is -0.435 e. The van der Waals surface area contributed by atoms with Gasteiger partial charge in [-0.3, -0.25) is 14.5 Å². The number of carbonyl (C=O) groups is 2. The maximum Gasteiger partial charge on any atom is 0.387 e. The molecule has 146 valence electrons. The summed E-state index contributed by atoms with van der Waals surface area (Å²) < 4.78 is 28.9. The van der Waals surface area contributed by atoms with Crippen LogP contribution in [-0.2, 0) is 16.1 Å². The van der Waals surface area contributed by atoms with Crippen molar-refractivity contribution in [3.05, 3.63) is 29.8 Å². The minimum atomic E-state index is -2.88. The zero-order valence-electron chi connectivity index (χ0n) is 15.9. The first-order valence-corrected chi connectivity index (χ1v) is 8.23. The molecule has 0 bridgehead atoms. The number of carbonyl (C=O) groups excluding carboxylic acids is 2. The van der Waals surface area contributed by atoms with Crippen LogP contribution < -0.4 is 10.1 Å². The standard InChI is InChI=1S/C18H27F2N3O3/c1-18(2,3)21-15(24)11-23(5)16(25)12-22(4)10-13-7-6-8-14(9-13)26-17(19)20/h6-9,17H,10-12H2,1-5H3,(H,21,24). The van der Waals surface area contributed by atoms with Gasteiger partial charge in [0.15, 0.2) is 0 Å². The van der Waals surface area contributed by atoms with E-state index in [-0.39, 0.29) is 36.2 Å². The first-order chi connectivity index (χ1) is 12.0. The second-order valence-corrected chi connectivity index (χ2v) is 7.25. The summed E-state index contributed by atoms with van der Waals surface area (Å²) in [5, 5.41) is 2.80.